The highest BCUT2D eigenvalue weighted by atomic mass is 16.3. The summed E-state index contributed by atoms with van der Waals surface area (Å²) in [5.74, 6) is 0.0332. The standard InChI is InChI=1S/C14H17NO4/c16-9-2-3-10(13(18)5-9)14(19)15-6-8-1-4-12(17)11(8)7-15/h2-3,5,8,11-12,16-18H,1,4,6-7H2. The number of aliphatic hydroxyl groups is 1. The van der Waals surface area contributed by atoms with E-state index < -0.39 is 0 Å². The number of rotatable bonds is 1. The number of aromatic hydroxyl groups is 2. The van der Waals surface area contributed by atoms with Crippen LogP contribution in [0.2, 0.25) is 0 Å². The molecule has 3 rings (SSSR count). The van der Waals surface area contributed by atoms with Gasteiger partial charge in [-0.3, -0.25) is 4.79 Å². The molecule has 2 aliphatic rings. The lowest BCUT2D eigenvalue weighted by molar-refractivity contribution is 0.0749. The normalized spacial score (nSPS) is 29.5. The van der Waals surface area contributed by atoms with E-state index in [0.29, 0.717) is 19.0 Å². The van der Waals surface area contributed by atoms with Crippen molar-refractivity contribution in [1.82, 2.24) is 4.90 Å². The Kier molecular flexibility index (Phi) is 2.86. The highest BCUT2D eigenvalue weighted by Gasteiger charge is 2.43. The van der Waals surface area contributed by atoms with Gasteiger partial charge in [0.25, 0.3) is 5.91 Å². The molecule has 1 aromatic rings. The summed E-state index contributed by atoms with van der Waals surface area (Å²) in [7, 11) is 0. The third-order valence-electron chi connectivity index (χ3n) is 4.32. The van der Waals surface area contributed by atoms with Gasteiger partial charge >= 0.3 is 0 Å². The molecule has 1 heterocycles. The molecular formula is C14H17NO4. The SMILES string of the molecule is O=C(c1ccc(O)cc1O)N1CC2CCC(O)C2C1. The van der Waals surface area contributed by atoms with Crippen molar-refractivity contribution in [3.63, 3.8) is 0 Å². The van der Waals surface area contributed by atoms with Crippen molar-refractivity contribution in [1.29, 1.82) is 0 Å². The molecule has 3 atom stereocenters. The van der Waals surface area contributed by atoms with Crippen LogP contribution in [0.25, 0.3) is 0 Å². The molecule has 102 valence electrons. The second-order valence-electron chi connectivity index (χ2n) is 5.48. The van der Waals surface area contributed by atoms with Crippen molar-refractivity contribution in [3.05, 3.63) is 23.8 Å². The van der Waals surface area contributed by atoms with Crippen LogP contribution in [0.15, 0.2) is 18.2 Å². The Morgan fingerprint density at radius 1 is 1.21 bits per heavy atom. The van der Waals surface area contributed by atoms with Crippen molar-refractivity contribution < 1.29 is 20.1 Å². The lowest BCUT2D eigenvalue weighted by Crippen LogP contribution is -2.31. The summed E-state index contributed by atoms with van der Waals surface area (Å²) < 4.78 is 0. The van der Waals surface area contributed by atoms with Crippen molar-refractivity contribution in [2.45, 2.75) is 18.9 Å². The maximum Gasteiger partial charge on any atom is 0.257 e. The lowest BCUT2D eigenvalue weighted by Gasteiger charge is -2.19. The largest absolute Gasteiger partial charge is 0.508 e. The van der Waals surface area contributed by atoms with Gasteiger partial charge in [0.15, 0.2) is 0 Å². The number of amides is 1. The highest BCUT2D eigenvalue weighted by Crippen LogP contribution is 2.39. The number of carbonyl (C=O) groups is 1. The van der Waals surface area contributed by atoms with Crippen molar-refractivity contribution >= 4 is 5.91 Å². The van der Waals surface area contributed by atoms with Crippen LogP contribution in [0.4, 0.5) is 0 Å². The number of hydrogen-bond donors (Lipinski definition) is 3. The molecular weight excluding hydrogens is 246 g/mol. The Morgan fingerprint density at radius 2 is 2.00 bits per heavy atom. The van der Waals surface area contributed by atoms with Crippen LogP contribution in [0.5, 0.6) is 11.5 Å². The number of carbonyl (C=O) groups excluding carboxylic acids is 1. The van der Waals surface area contributed by atoms with Gasteiger partial charge < -0.3 is 20.2 Å². The van der Waals surface area contributed by atoms with Gasteiger partial charge in [-0.2, -0.15) is 0 Å². The second-order valence-corrected chi connectivity index (χ2v) is 5.48. The first-order valence-electron chi connectivity index (χ1n) is 6.55. The van der Waals surface area contributed by atoms with E-state index >= 15 is 0 Å². The van der Waals surface area contributed by atoms with E-state index in [4.69, 9.17) is 0 Å². The van der Waals surface area contributed by atoms with E-state index in [0.717, 1.165) is 12.8 Å². The predicted octanol–water partition coefficient (Wildman–Crippen LogP) is 0.941. The zero-order chi connectivity index (χ0) is 13.6. The second kappa shape index (κ2) is 4.42. The number of benzene rings is 1. The molecule has 0 aromatic heterocycles. The minimum absolute atomic E-state index is 0.0669. The topological polar surface area (TPSA) is 81.0 Å². The molecule has 19 heavy (non-hydrogen) atoms. The van der Waals surface area contributed by atoms with Gasteiger partial charge in [-0.25, -0.2) is 0 Å². The first-order valence-corrected chi connectivity index (χ1v) is 6.55. The van der Waals surface area contributed by atoms with E-state index in [1.165, 1.54) is 18.2 Å². The van der Waals surface area contributed by atoms with Crippen molar-refractivity contribution in [2.75, 3.05) is 13.1 Å². The van der Waals surface area contributed by atoms with Gasteiger partial charge in [-0.15, -0.1) is 0 Å². The number of fused-ring (bicyclic) bond motifs is 1. The van der Waals surface area contributed by atoms with Crippen molar-refractivity contribution in [2.24, 2.45) is 11.8 Å². The number of aliphatic hydroxyl groups excluding tert-OH is 1. The zero-order valence-corrected chi connectivity index (χ0v) is 10.5. The average molecular weight is 263 g/mol. The summed E-state index contributed by atoms with van der Waals surface area (Å²) in [4.78, 5) is 14.0. The summed E-state index contributed by atoms with van der Waals surface area (Å²) in [5, 5.41) is 28.8. The number of likely N-dealkylation sites (tertiary alicyclic amines) is 1. The molecule has 1 saturated carbocycles. The van der Waals surface area contributed by atoms with E-state index in [1.807, 2.05) is 0 Å². The highest BCUT2D eigenvalue weighted by molar-refractivity contribution is 5.97. The molecule has 0 radical (unpaired) electrons. The van der Waals surface area contributed by atoms with Crippen LogP contribution < -0.4 is 0 Å². The molecule has 1 saturated heterocycles. The van der Waals surface area contributed by atoms with E-state index in [9.17, 15) is 20.1 Å². The fourth-order valence-electron chi connectivity index (χ4n) is 3.27. The Hall–Kier alpha value is -1.75. The van der Waals surface area contributed by atoms with Crippen molar-refractivity contribution in [3.8, 4) is 11.5 Å². The molecule has 1 aliphatic carbocycles. The summed E-state index contributed by atoms with van der Waals surface area (Å²) in [5.41, 5.74) is 0.201. The third kappa shape index (κ3) is 2.04. The summed E-state index contributed by atoms with van der Waals surface area (Å²) in [6.07, 6.45) is 1.47. The molecule has 5 heteroatoms. The Balaban J connectivity index is 1.78. The molecule has 1 aromatic carbocycles. The minimum Gasteiger partial charge on any atom is -0.508 e. The quantitative estimate of drug-likeness (QED) is 0.704. The first kappa shape index (κ1) is 12.3. The summed E-state index contributed by atoms with van der Waals surface area (Å²) >= 11 is 0. The van der Waals surface area contributed by atoms with Crippen LogP contribution in [0.3, 0.4) is 0 Å². The van der Waals surface area contributed by atoms with Gasteiger partial charge in [0.2, 0.25) is 0 Å². The summed E-state index contributed by atoms with van der Waals surface area (Å²) in [6.45, 7) is 1.19. The average Bonchev–Trinajstić information content (AvgIpc) is 2.91. The molecule has 1 amide bonds. The number of nitrogens with zero attached hydrogens (tertiary/aromatic N) is 1. The van der Waals surface area contributed by atoms with Gasteiger partial charge in [0.05, 0.1) is 11.7 Å². The van der Waals surface area contributed by atoms with Crippen LogP contribution >= 0.6 is 0 Å². The minimum atomic E-state index is -0.309. The monoisotopic (exact) mass is 263 g/mol. The fraction of sp³-hybridized carbons (Fsp3) is 0.500. The smallest absolute Gasteiger partial charge is 0.257 e. The van der Waals surface area contributed by atoms with Crippen LogP contribution in [-0.2, 0) is 0 Å². The molecule has 3 unspecified atom stereocenters. The Morgan fingerprint density at radius 3 is 2.68 bits per heavy atom. The summed E-state index contributed by atoms with van der Waals surface area (Å²) in [6, 6.07) is 3.98. The van der Waals surface area contributed by atoms with E-state index in [2.05, 4.69) is 0 Å². The molecule has 5 nitrogen and oxygen atoms in total. The van der Waals surface area contributed by atoms with E-state index in [1.54, 1.807) is 4.90 Å². The predicted molar refractivity (Wildman–Crippen MR) is 67.9 cm³/mol. The van der Waals surface area contributed by atoms with Crippen LogP contribution in [-0.4, -0.2) is 45.3 Å². The molecule has 2 fully saturated rings. The zero-order valence-electron chi connectivity index (χ0n) is 10.5. The van der Waals surface area contributed by atoms with E-state index in [-0.39, 0.29) is 35.0 Å². The third-order valence-corrected chi connectivity index (χ3v) is 4.32. The number of phenolic OH excluding ortho intramolecular Hbond substituents is 2. The maximum absolute atomic E-state index is 12.3. The number of phenols is 2. The molecule has 1 aliphatic heterocycles. The lowest BCUT2D eigenvalue weighted by atomic mass is 10.00. The molecule has 3 N–H and O–H groups in total. The maximum atomic E-state index is 12.3. The van der Waals surface area contributed by atoms with Gasteiger partial charge in [0, 0.05) is 25.1 Å². The van der Waals surface area contributed by atoms with Crippen LogP contribution in [0, 0.1) is 11.8 Å². The Bertz CT molecular complexity index is 516. The Labute approximate surface area is 111 Å². The van der Waals surface area contributed by atoms with Crippen LogP contribution in [0.1, 0.15) is 23.2 Å². The van der Waals surface area contributed by atoms with Gasteiger partial charge in [-0.1, -0.05) is 0 Å². The first-order chi connectivity index (χ1) is 9.06. The fourth-order valence-corrected chi connectivity index (χ4v) is 3.27. The number of hydrogen-bond acceptors (Lipinski definition) is 4. The van der Waals surface area contributed by atoms with Gasteiger partial charge in [0.1, 0.15) is 11.5 Å². The molecule has 0 bridgehead atoms. The molecule has 0 spiro atoms. The van der Waals surface area contributed by atoms with Gasteiger partial charge in [-0.05, 0) is 30.9 Å².